The minimum atomic E-state index is -0.671. The molecule has 0 spiro atoms. The molecule has 1 saturated heterocycles. The summed E-state index contributed by atoms with van der Waals surface area (Å²) in [6.07, 6.45) is -0.545. The van der Waals surface area contributed by atoms with E-state index in [2.05, 4.69) is 6.92 Å². The molecule has 0 amide bonds. The summed E-state index contributed by atoms with van der Waals surface area (Å²) < 4.78 is 19.1. The second-order valence-corrected chi connectivity index (χ2v) is 5.43. The molecular weight excluding hydrogens is 231 g/mol. The third-order valence-electron chi connectivity index (χ3n) is 4.24. The van der Waals surface area contributed by atoms with Gasteiger partial charge in [-0.1, -0.05) is 13.0 Å². The molecule has 100 valence electrons. The predicted octanol–water partition coefficient (Wildman–Crippen LogP) is 3.23. The monoisotopic (exact) mass is 252 g/mol. The SMILES string of the molecule is Cc1ccc(F)cc1C(O)C1C(C)OC(C)C1C. The Kier molecular flexibility index (Phi) is 3.74. The van der Waals surface area contributed by atoms with Gasteiger partial charge < -0.3 is 9.84 Å². The number of halogens is 1. The Balaban J connectivity index is 2.30. The minimum absolute atomic E-state index is 0.00679. The first-order valence-corrected chi connectivity index (χ1v) is 6.51. The van der Waals surface area contributed by atoms with Crippen molar-refractivity contribution < 1.29 is 14.2 Å². The Labute approximate surface area is 108 Å². The minimum Gasteiger partial charge on any atom is -0.388 e. The number of benzene rings is 1. The van der Waals surface area contributed by atoms with Gasteiger partial charge in [-0.3, -0.25) is 0 Å². The van der Waals surface area contributed by atoms with Crippen molar-refractivity contribution in [1.29, 1.82) is 0 Å². The van der Waals surface area contributed by atoms with Crippen molar-refractivity contribution in [2.24, 2.45) is 11.8 Å². The zero-order valence-corrected chi connectivity index (χ0v) is 11.4. The van der Waals surface area contributed by atoms with Gasteiger partial charge in [-0.25, -0.2) is 4.39 Å². The zero-order valence-electron chi connectivity index (χ0n) is 11.4. The molecule has 0 saturated carbocycles. The van der Waals surface area contributed by atoms with E-state index in [1.54, 1.807) is 6.07 Å². The van der Waals surface area contributed by atoms with E-state index < -0.39 is 6.10 Å². The molecule has 1 aliphatic heterocycles. The predicted molar refractivity (Wildman–Crippen MR) is 68.8 cm³/mol. The van der Waals surface area contributed by atoms with Gasteiger partial charge in [0.05, 0.1) is 18.3 Å². The van der Waals surface area contributed by atoms with Crippen molar-refractivity contribution in [2.75, 3.05) is 0 Å². The van der Waals surface area contributed by atoms with Crippen LogP contribution < -0.4 is 0 Å². The Morgan fingerprint density at radius 1 is 1.22 bits per heavy atom. The molecule has 1 fully saturated rings. The summed E-state index contributed by atoms with van der Waals surface area (Å²) in [5, 5.41) is 10.5. The van der Waals surface area contributed by atoms with Crippen molar-refractivity contribution in [3.8, 4) is 0 Å². The number of hydrogen-bond donors (Lipinski definition) is 1. The van der Waals surface area contributed by atoms with Crippen LogP contribution in [0.3, 0.4) is 0 Å². The fourth-order valence-corrected chi connectivity index (χ4v) is 2.98. The van der Waals surface area contributed by atoms with E-state index in [0.717, 1.165) is 5.56 Å². The molecule has 0 aromatic heterocycles. The molecule has 18 heavy (non-hydrogen) atoms. The molecule has 5 unspecified atom stereocenters. The van der Waals surface area contributed by atoms with Gasteiger partial charge in [0.2, 0.25) is 0 Å². The molecule has 2 rings (SSSR count). The standard InChI is InChI=1S/C15H21FO2/c1-8-5-6-12(16)7-13(8)15(17)14-9(2)10(3)18-11(14)4/h5-7,9-11,14-15,17H,1-4H3. The van der Waals surface area contributed by atoms with Gasteiger partial charge in [0.15, 0.2) is 0 Å². The number of ether oxygens (including phenoxy) is 1. The molecule has 0 radical (unpaired) electrons. The van der Waals surface area contributed by atoms with E-state index >= 15 is 0 Å². The number of aliphatic hydroxyl groups excluding tert-OH is 1. The third-order valence-corrected chi connectivity index (χ3v) is 4.24. The summed E-state index contributed by atoms with van der Waals surface area (Å²) >= 11 is 0. The smallest absolute Gasteiger partial charge is 0.123 e. The quantitative estimate of drug-likeness (QED) is 0.875. The summed E-state index contributed by atoms with van der Waals surface area (Å²) in [4.78, 5) is 0. The summed E-state index contributed by atoms with van der Waals surface area (Å²) in [6, 6.07) is 4.57. The Hall–Kier alpha value is -0.930. The highest BCUT2D eigenvalue weighted by Gasteiger charge is 2.41. The van der Waals surface area contributed by atoms with Gasteiger partial charge in [-0.2, -0.15) is 0 Å². The highest BCUT2D eigenvalue weighted by atomic mass is 19.1. The Morgan fingerprint density at radius 2 is 1.89 bits per heavy atom. The van der Waals surface area contributed by atoms with Crippen LogP contribution in [0.15, 0.2) is 18.2 Å². The Bertz CT molecular complexity index is 433. The lowest BCUT2D eigenvalue weighted by molar-refractivity contribution is 0.0228. The molecule has 1 heterocycles. The molecule has 1 aromatic rings. The topological polar surface area (TPSA) is 29.5 Å². The first kappa shape index (κ1) is 13.5. The lowest BCUT2D eigenvalue weighted by Crippen LogP contribution is -2.25. The summed E-state index contributed by atoms with van der Waals surface area (Å²) in [5.74, 6) is -0.0277. The molecule has 0 bridgehead atoms. The van der Waals surface area contributed by atoms with Crippen LogP contribution in [0.2, 0.25) is 0 Å². The normalized spacial score (nSPS) is 33.7. The molecule has 1 aliphatic rings. The van der Waals surface area contributed by atoms with Crippen LogP contribution in [-0.4, -0.2) is 17.3 Å². The van der Waals surface area contributed by atoms with E-state index in [9.17, 15) is 9.50 Å². The van der Waals surface area contributed by atoms with Crippen LogP contribution >= 0.6 is 0 Å². The zero-order chi connectivity index (χ0) is 13.4. The van der Waals surface area contributed by atoms with Crippen molar-refractivity contribution in [2.45, 2.75) is 46.0 Å². The second kappa shape index (κ2) is 4.98. The fourth-order valence-electron chi connectivity index (χ4n) is 2.98. The highest BCUT2D eigenvalue weighted by molar-refractivity contribution is 5.29. The van der Waals surface area contributed by atoms with Crippen LogP contribution in [0.1, 0.15) is 38.0 Å². The maximum Gasteiger partial charge on any atom is 0.123 e. The van der Waals surface area contributed by atoms with Crippen LogP contribution in [0.4, 0.5) is 4.39 Å². The molecule has 5 atom stereocenters. The molecule has 0 aliphatic carbocycles. The fraction of sp³-hybridized carbons (Fsp3) is 0.600. The summed E-state index contributed by atoms with van der Waals surface area (Å²) in [5.41, 5.74) is 1.60. The second-order valence-electron chi connectivity index (χ2n) is 5.43. The summed E-state index contributed by atoms with van der Waals surface area (Å²) in [7, 11) is 0. The van der Waals surface area contributed by atoms with E-state index in [-0.39, 0.29) is 29.9 Å². The largest absolute Gasteiger partial charge is 0.388 e. The first-order valence-electron chi connectivity index (χ1n) is 6.51. The van der Waals surface area contributed by atoms with Crippen LogP contribution in [0, 0.1) is 24.6 Å². The molecule has 2 nitrogen and oxygen atoms in total. The van der Waals surface area contributed by atoms with Crippen LogP contribution in [0.5, 0.6) is 0 Å². The number of hydrogen-bond acceptors (Lipinski definition) is 2. The average Bonchev–Trinajstić information content (AvgIpc) is 2.56. The maximum atomic E-state index is 13.3. The van der Waals surface area contributed by atoms with Gasteiger partial charge >= 0.3 is 0 Å². The molecule has 1 aromatic carbocycles. The van der Waals surface area contributed by atoms with Crippen molar-refractivity contribution in [3.05, 3.63) is 35.1 Å². The van der Waals surface area contributed by atoms with E-state index in [0.29, 0.717) is 5.56 Å². The van der Waals surface area contributed by atoms with Crippen LogP contribution in [-0.2, 0) is 4.74 Å². The number of aliphatic hydroxyl groups is 1. The van der Waals surface area contributed by atoms with Crippen LogP contribution in [0.25, 0.3) is 0 Å². The highest BCUT2D eigenvalue weighted by Crippen LogP contribution is 2.41. The van der Waals surface area contributed by atoms with Gasteiger partial charge in [-0.15, -0.1) is 0 Å². The number of aryl methyl sites for hydroxylation is 1. The van der Waals surface area contributed by atoms with E-state index in [1.165, 1.54) is 12.1 Å². The molecule has 3 heteroatoms. The lowest BCUT2D eigenvalue weighted by Gasteiger charge is -2.26. The maximum absolute atomic E-state index is 13.3. The lowest BCUT2D eigenvalue weighted by atomic mass is 9.81. The van der Waals surface area contributed by atoms with E-state index in [4.69, 9.17) is 4.74 Å². The first-order chi connectivity index (χ1) is 8.41. The van der Waals surface area contributed by atoms with Crippen molar-refractivity contribution in [3.63, 3.8) is 0 Å². The van der Waals surface area contributed by atoms with Gasteiger partial charge in [0, 0.05) is 5.92 Å². The van der Waals surface area contributed by atoms with Gasteiger partial charge in [-0.05, 0) is 49.9 Å². The molecule has 1 N–H and O–H groups in total. The summed E-state index contributed by atoms with van der Waals surface area (Å²) in [6.45, 7) is 7.97. The average molecular weight is 252 g/mol. The Morgan fingerprint density at radius 3 is 2.44 bits per heavy atom. The van der Waals surface area contributed by atoms with Gasteiger partial charge in [0.1, 0.15) is 5.82 Å². The van der Waals surface area contributed by atoms with Crippen molar-refractivity contribution in [1.82, 2.24) is 0 Å². The van der Waals surface area contributed by atoms with E-state index in [1.807, 2.05) is 20.8 Å². The molecular formula is C15H21FO2. The number of rotatable bonds is 2. The van der Waals surface area contributed by atoms with Gasteiger partial charge in [0.25, 0.3) is 0 Å². The van der Waals surface area contributed by atoms with Crippen molar-refractivity contribution >= 4 is 0 Å². The third kappa shape index (κ3) is 2.29.